The molecule has 1 atom stereocenters. The molecular formula is C22H26BrN3O. The van der Waals surface area contributed by atoms with Crippen molar-refractivity contribution < 1.29 is 4.79 Å². The Morgan fingerprint density at radius 2 is 1.74 bits per heavy atom. The van der Waals surface area contributed by atoms with Crippen LogP contribution < -0.4 is 5.32 Å². The topological polar surface area (TPSA) is 35.6 Å². The van der Waals surface area contributed by atoms with Crippen molar-refractivity contribution in [3.8, 4) is 0 Å². The van der Waals surface area contributed by atoms with Crippen molar-refractivity contribution in [2.75, 3.05) is 38.0 Å². The highest BCUT2D eigenvalue weighted by molar-refractivity contribution is 9.10. The van der Waals surface area contributed by atoms with Gasteiger partial charge in [-0.2, -0.15) is 0 Å². The van der Waals surface area contributed by atoms with Crippen molar-refractivity contribution in [1.82, 2.24) is 9.80 Å². The van der Waals surface area contributed by atoms with Gasteiger partial charge in [-0.05, 0) is 36.8 Å². The van der Waals surface area contributed by atoms with Gasteiger partial charge in [-0.1, -0.05) is 58.4 Å². The quantitative estimate of drug-likeness (QED) is 0.753. The minimum Gasteiger partial charge on any atom is -0.325 e. The van der Waals surface area contributed by atoms with Gasteiger partial charge in [0.2, 0.25) is 5.91 Å². The first-order valence-corrected chi connectivity index (χ1v) is 10.2. The minimum atomic E-state index is -0.129. The summed E-state index contributed by atoms with van der Waals surface area (Å²) >= 11 is 3.41. The molecule has 1 heterocycles. The number of nitrogens with zero attached hydrogens (tertiary/aromatic N) is 2. The van der Waals surface area contributed by atoms with E-state index in [1.807, 2.05) is 37.3 Å². The van der Waals surface area contributed by atoms with Crippen LogP contribution >= 0.6 is 15.9 Å². The van der Waals surface area contributed by atoms with Crippen molar-refractivity contribution >= 4 is 33.6 Å². The summed E-state index contributed by atoms with van der Waals surface area (Å²) in [6.45, 7) is 6.72. The van der Waals surface area contributed by atoms with E-state index in [0.717, 1.165) is 42.9 Å². The predicted molar refractivity (Wildman–Crippen MR) is 116 cm³/mol. The lowest BCUT2D eigenvalue weighted by Crippen LogP contribution is -2.52. The van der Waals surface area contributed by atoms with Gasteiger partial charge in [0.1, 0.15) is 0 Å². The molecule has 4 nitrogen and oxygen atoms in total. The Morgan fingerprint density at radius 1 is 1.07 bits per heavy atom. The molecule has 1 N–H and O–H groups in total. The van der Waals surface area contributed by atoms with Crippen molar-refractivity contribution in [1.29, 1.82) is 0 Å². The molecule has 0 saturated carbocycles. The standard InChI is InChI=1S/C22H26BrN3O/c1-18(22(27)24-21-11-9-20(23)10-12-21)26-16-14-25(15-17-26)13-5-8-19-6-3-2-4-7-19/h2-12,18H,13-17H2,1H3,(H,24,27)/b8-5+. The Morgan fingerprint density at radius 3 is 2.41 bits per heavy atom. The average Bonchev–Trinajstić information content (AvgIpc) is 2.70. The van der Waals surface area contributed by atoms with Gasteiger partial charge in [0.15, 0.2) is 0 Å². The lowest BCUT2D eigenvalue weighted by atomic mass is 10.2. The first-order valence-electron chi connectivity index (χ1n) is 9.36. The largest absolute Gasteiger partial charge is 0.325 e. The summed E-state index contributed by atoms with van der Waals surface area (Å²) in [7, 11) is 0. The van der Waals surface area contributed by atoms with Crippen LogP contribution in [0.1, 0.15) is 12.5 Å². The second kappa shape index (κ2) is 9.83. The van der Waals surface area contributed by atoms with Crippen LogP contribution in [0.5, 0.6) is 0 Å². The number of amides is 1. The van der Waals surface area contributed by atoms with E-state index in [1.54, 1.807) is 0 Å². The average molecular weight is 428 g/mol. The molecule has 1 saturated heterocycles. The Hall–Kier alpha value is -1.95. The van der Waals surface area contributed by atoms with Crippen molar-refractivity contribution in [2.24, 2.45) is 0 Å². The number of carbonyl (C=O) groups excluding carboxylic acids is 1. The third kappa shape index (κ3) is 6.03. The zero-order valence-corrected chi connectivity index (χ0v) is 17.2. The molecule has 0 spiro atoms. The van der Waals surface area contributed by atoms with E-state index in [0.29, 0.717) is 0 Å². The predicted octanol–water partition coefficient (Wildman–Crippen LogP) is 4.11. The molecule has 1 fully saturated rings. The number of benzene rings is 2. The molecular weight excluding hydrogens is 402 g/mol. The van der Waals surface area contributed by atoms with E-state index >= 15 is 0 Å². The number of halogens is 1. The molecule has 0 aromatic heterocycles. The molecule has 2 aromatic carbocycles. The maximum atomic E-state index is 12.5. The number of hydrogen-bond acceptors (Lipinski definition) is 3. The smallest absolute Gasteiger partial charge is 0.241 e. The van der Waals surface area contributed by atoms with Crippen LogP contribution in [-0.2, 0) is 4.79 Å². The summed E-state index contributed by atoms with van der Waals surface area (Å²) in [6, 6.07) is 17.9. The van der Waals surface area contributed by atoms with Crippen molar-refractivity contribution in [3.05, 3.63) is 70.7 Å². The summed E-state index contributed by atoms with van der Waals surface area (Å²) < 4.78 is 1.01. The number of piperazine rings is 1. The van der Waals surface area contributed by atoms with E-state index in [4.69, 9.17) is 0 Å². The molecule has 27 heavy (non-hydrogen) atoms. The van der Waals surface area contributed by atoms with Crippen LogP contribution in [0.3, 0.4) is 0 Å². The van der Waals surface area contributed by atoms with E-state index in [1.165, 1.54) is 5.56 Å². The fourth-order valence-electron chi connectivity index (χ4n) is 3.18. The normalized spacial score (nSPS) is 17.1. The molecule has 1 unspecified atom stereocenters. The Labute approximate surface area is 170 Å². The lowest BCUT2D eigenvalue weighted by Gasteiger charge is -2.37. The minimum absolute atomic E-state index is 0.0507. The van der Waals surface area contributed by atoms with Crippen molar-refractivity contribution in [3.63, 3.8) is 0 Å². The molecule has 5 heteroatoms. The molecule has 1 aliphatic heterocycles. The summed E-state index contributed by atoms with van der Waals surface area (Å²) in [4.78, 5) is 17.2. The van der Waals surface area contributed by atoms with Gasteiger partial charge >= 0.3 is 0 Å². The third-order valence-electron chi connectivity index (χ3n) is 4.92. The maximum Gasteiger partial charge on any atom is 0.241 e. The summed E-state index contributed by atoms with van der Waals surface area (Å²) in [5, 5.41) is 3.00. The second-order valence-electron chi connectivity index (χ2n) is 6.82. The van der Waals surface area contributed by atoms with Crippen LogP contribution in [0.15, 0.2) is 65.1 Å². The highest BCUT2D eigenvalue weighted by Gasteiger charge is 2.25. The molecule has 1 aliphatic rings. The number of nitrogens with one attached hydrogen (secondary N) is 1. The van der Waals surface area contributed by atoms with Gasteiger partial charge in [-0.25, -0.2) is 0 Å². The van der Waals surface area contributed by atoms with E-state index < -0.39 is 0 Å². The van der Waals surface area contributed by atoms with E-state index in [-0.39, 0.29) is 11.9 Å². The third-order valence-corrected chi connectivity index (χ3v) is 5.45. The molecule has 142 valence electrons. The Bertz CT molecular complexity index is 753. The number of hydrogen-bond donors (Lipinski definition) is 1. The van der Waals surface area contributed by atoms with Gasteiger partial charge in [0.25, 0.3) is 0 Å². The first kappa shape index (κ1) is 19.8. The first-order chi connectivity index (χ1) is 13.1. The maximum absolute atomic E-state index is 12.5. The molecule has 2 aromatic rings. The van der Waals surface area contributed by atoms with Gasteiger partial charge in [0.05, 0.1) is 6.04 Å². The zero-order chi connectivity index (χ0) is 19.1. The van der Waals surface area contributed by atoms with Crippen LogP contribution in [-0.4, -0.2) is 54.5 Å². The number of carbonyl (C=O) groups is 1. The van der Waals surface area contributed by atoms with Crippen LogP contribution in [0.25, 0.3) is 6.08 Å². The van der Waals surface area contributed by atoms with Crippen LogP contribution in [0.4, 0.5) is 5.69 Å². The SMILES string of the molecule is CC(C(=O)Nc1ccc(Br)cc1)N1CCN(C/C=C/c2ccccc2)CC1. The summed E-state index contributed by atoms with van der Waals surface area (Å²) in [5.41, 5.74) is 2.06. The Kier molecular flexibility index (Phi) is 7.21. The highest BCUT2D eigenvalue weighted by atomic mass is 79.9. The van der Waals surface area contributed by atoms with Gasteiger partial charge in [-0.3, -0.25) is 14.6 Å². The monoisotopic (exact) mass is 427 g/mol. The van der Waals surface area contributed by atoms with E-state index in [9.17, 15) is 4.79 Å². The van der Waals surface area contributed by atoms with Gasteiger partial charge < -0.3 is 5.32 Å². The summed E-state index contributed by atoms with van der Waals surface area (Å²) in [6.07, 6.45) is 4.38. The van der Waals surface area contributed by atoms with Gasteiger partial charge in [0, 0.05) is 42.9 Å². The number of anilines is 1. The van der Waals surface area contributed by atoms with Gasteiger partial charge in [-0.15, -0.1) is 0 Å². The van der Waals surface area contributed by atoms with Crippen LogP contribution in [0, 0.1) is 0 Å². The molecule has 0 aliphatic carbocycles. The fraction of sp³-hybridized carbons (Fsp3) is 0.318. The fourth-order valence-corrected chi connectivity index (χ4v) is 3.45. The lowest BCUT2D eigenvalue weighted by molar-refractivity contribution is -0.121. The molecule has 3 rings (SSSR count). The Balaban J connectivity index is 1.43. The molecule has 0 radical (unpaired) electrons. The zero-order valence-electron chi connectivity index (χ0n) is 15.6. The van der Waals surface area contributed by atoms with E-state index in [2.05, 4.69) is 67.5 Å². The molecule has 0 bridgehead atoms. The molecule has 1 amide bonds. The van der Waals surface area contributed by atoms with Crippen LogP contribution in [0.2, 0.25) is 0 Å². The summed E-state index contributed by atoms with van der Waals surface area (Å²) in [5.74, 6) is 0.0507. The highest BCUT2D eigenvalue weighted by Crippen LogP contribution is 2.15. The van der Waals surface area contributed by atoms with Crippen molar-refractivity contribution in [2.45, 2.75) is 13.0 Å². The number of rotatable bonds is 6. The second-order valence-corrected chi connectivity index (χ2v) is 7.74.